The van der Waals surface area contributed by atoms with E-state index in [2.05, 4.69) is 48.3 Å². The molecule has 36 heavy (non-hydrogen) atoms. The number of piperidine rings is 1. The summed E-state index contributed by atoms with van der Waals surface area (Å²) in [4.78, 5) is 19.9. The number of rotatable bonds is 6. The highest BCUT2D eigenvalue weighted by atomic mass is 16.5. The van der Waals surface area contributed by atoms with Crippen LogP contribution in [-0.2, 0) is 4.79 Å². The summed E-state index contributed by atoms with van der Waals surface area (Å²) >= 11 is 0. The zero-order valence-electron chi connectivity index (χ0n) is 21.1. The maximum absolute atomic E-state index is 13.0. The fourth-order valence-electron chi connectivity index (χ4n) is 4.77. The normalized spacial score (nSPS) is 14.2. The molecular weight excluding hydrogens is 454 g/mol. The molecule has 1 aliphatic rings. The molecule has 1 N–H and O–H groups in total. The van der Waals surface area contributed by atoms with E-state index in [1.54, 1.807) is 38.6 Å². The zero-order chi connectivity index (χ0) is 25.2. The van der Waals surface area contributed by atoms with Crippen LogP contribution in [0.2, 0.25) is 0 Å². The summed E-state index contributed by atoms with van der Waals surface area (Å²) in [5.41, 5.74) is 6.11. The van der Waals surface area contributed by atoms with E-state index in [1.165, 1.54) is 11.1 Å². The van der Waals surface area contributed by atoms with Crippen molar-refractivity contribution in [1.82, 2.24) is 14.6 Å². The Morgan fingerprint density at radius 3 is 2.42 bits per heavy atom. The van der Waals surface area contributed by atoms with Gasteiger partial charge in [0.1, 0.15) is 17.0 Å². The van der Waals surface area contributed by atoms with Crippen LogP contribution in [0.15, 0.2) is 54.9 Å². The molecule has 1 fully saturated rings. The first-order chi connectivity index (χ1) is 17.4. The molecular formula is C28H31N5O3. The van der Waals surface area contributed by atoms with E-state index in [-0.39, 0.29) is 11.8 Å². The molecule has 1 saturated heterocycles. The van der Waals surface area contributed by atoms with Gasteiger partial charge in [-0.3, -0.25) is 4.79 Å². The van der Waals surface area contributed by atoms with Gasteiger partial charge in [-0.1, -0.05) is 17.7 Å². The van der Waals surface area contributed by atoms with Crippen molar-refractivity contribution in [1.29, 1.82) is 0 Å². The highest BCUT2D eigenvalue weighted by Gasteiger charge is 2.27. The smallest absolute Gasteiger partial charge is 0.227 e. The Morgan fingerprint density at radius 1 is 1.00 bits per heavy atom. The van der Waals surface area contributed by atoms with Gasteiger partial charge in [0.05, 0.1) is 19.9 Å². The first-order valence-corrected chi connectivity index (χ1v) is 12.2. The van der Waals surface area contributed by atoms with Crippen LogP contribution < -0.4 is 19.7 Å². The summed E-state index contributed by atoms with van der Waals surface area (Å²) in [5, 5.41) is 7.85. The number of benzene rings is 2. The molecule has 1 aliphatic heterocycles. The van der Waals surface area contributed by atoms with E-state index in [0.717, 1.165) is 48.5 Å². The number of aryl methyl sites for hydroxylation is 2. The average molecular weight is 486 g/mol. The van der Waals surface area contributed by atoms with Crippen LogP contribution in [0.5, 0.6) is 11.5 Å². The summed E-state index contributed by atoms with van der Waals surface area (Å²) in [7, 11) is 3.19. The Labute approximate surface area is 210 Å². The fourth-order valence-corrected chi connectivity index (χ4v) is 4.77. The lowest BCUT2D eigenvalue weighted by atomic mass is 9.95. The van der Waals surface area contributed by atoms with Crippen molar-refractivity contribution in [2.24, 2.45) is 5.92 Å². The van der Waals surface area contributed by atoms with Crippen molar-refractivity contribution < 1.29 is 14.3 Å². The molecule has 0 aliphatic carbocycles. The molecule has 0 spiro atoms. The van der Waals surface area contributed by atoms with Crippen LogP contribution >= 0.6 is 0 Å². The molecule has 8 nitrogen and oxygen atoms in total. The lowest BCUT2D eigenvalue weighted by molar-refractivity contribution is -0.120. The van der Waals surface area contributed by atoms with Gasteiger partial charge in [-0.15, -0.1) is 0 Å². The Bertz CT molecular complexity index is 1380. The number of nitrogens with one attached hydrogen (secondary N) is 1. The molecule has 0 bridgehead atoms. The Morgan fingerprint density at radius 2 is 1.72 bits per heavy atom. The van der Waals surface area contributed by atoms with Gasteiger partial charge in [-0.2, -0.15) is 5.10 Å². The number of methoxy groups -OCH3 is 2. The van der Waals surface area contributed by atoms with Crippen molar-refractivity contribution in [3.63, 3.8) is 0 Å². The number of hydrogen-bond acceptors (Lipinski definition) is 6. The molecule has 0 unspecified atom stereocenters. The molecule has 3 heterocycles. The summed E-state index contributed by atoms with van der Waals surface area (Å²) in [6.07, 6.45) is 5.16. The number of hydrogen-bond donors (Lipinski definition) is 1. The van der Waals surface area contributed by atoms with Crippen molar-refractivity contribution >= 4 is 22.9 Å². The van der Waals surface area contributed by atoms with Gasteiger partial charge in [0.15, 0.2) is 5.82 Å². The molecule has 0 radical (unpaired) electrons. The van der Waals surface area contributed by atoms with Crippen LogP contribution in [-0.4, -0.2) is 47.8 Å². The predicted octanol–water partition coefficient (Wildman–Crippen LogP) is 4.89. The van der Waals surface area contributed by atoms with E-state index >= 15 is 0 Å². The van der Waals surface area contributed by atoms with Gasteiger partial charge in [-0.05, 0) is 44.4 Å². The molecule has 4 aromatic rings. The molecule has 2 aromatic carbocycles. The van der Waals surface area contributed by atoms with Crippen molar-refractivity contribution in [2.45, 2.75) is 26.7 Å². The maximum atomic E-state index is 13.0. The molecule has 8 heteroatoms. The summed E-state index contributed by atoms with van der Waals surface area (Å²) in [6, 6.07) is 13.9. The third-order valence-corrected chi connectivity index (χ3v) is 6.82. The van der Waals surface area contributed by atoms with E-state index in [1.807, 2.05) is 10.7 Å². The Balaban J connectivity index is 1.30. The minimum atomic E-state index is -0.0754. The van der Waals surface area contributed by atoms with Crippen LogP contribution in [0.3, 0.4) is 0 Å². The van der Waals surface area contributed by atoms with E-state index in [4.69, 9.17) is 19.6 Å². The number of amides is 1. The first kappa shape index (κ1) is 23.7. The standard InChI is InChI=1S/C28H31N5O3/c1-18-5-6-19(2)24(13-18)25-17-26-27(29-9-12-33(26)31-25)32-10-7-20(8-11-32)28(34)30-21-14-22(35-3)16-23(15-21)36-4/h5-6,9,12-17,20H,7-8,10-11H2,1-4H3,(H,30,34). The van der Waals surface area contributed by atoms with Gasteiger partial charge in [0.25, 0.3) is 0 Å². The number of anilines is 2. The minimum absolute atomic E-state index is 0.0117. The van der Waals surface area contributed by atoms with Gasteiger partial charge >= 0.3 is 0 Å². The molecule has 0 saturated carbocycles. The summed E-state index contributed by atoms with van der Waals surface area (Å²) in [6.45, 7) is 5.69. The number of carbonyl (C=O) groups excluding carboxylic acids is 1. The number of aromatic nitrogens is 3. The zero-order valence-corrected chi connectivity index (χ0v) is 21.1. The molecule has 2 aromatic heterocycles. The fraction of sp³-hybridized carbons (Fsp3) is 0.321. The second kappa shape index (κ2) is 9.89. The second-order valence-electron chi connectivity index (χ2n) is 9.28. The Kier molecular flexibility index (Phi) is 6.50. The van der Waals surface area contributed by atoms with Crippen molar-refractivity contribution in [3.05, 3.63) is 66.0 Å². The van der Waals surface area contributed by atoms with Gasteiger partial charge in [-0.25, -0.2) is 9.50 Å². The quantitative estimate of drug-likeness (QED) is 0.419. The predicted molar refractivity (Wildman–Crippen MR) is 141 cm³/mol. The lowest BCUT2D eigenvalue weighted by Gasteiger charge is -2.32. The summed E-state index contributed by atoms with van der Waals surface area (Å²) in [5.74, 6) is 2.11. The van der Waals surface area contributed by atoms with Crippen LogP contribution in [0, 0.1) is 19.8 Å². The first-order valence-electron chi connectivity index (χ1n) is 12.2. The molecule has 0 atom stereocenters. The molecule has 1 amide bonds. The van der Waals surface area contributed by atoms with Gasteiger partial charge in [0.2, 0.25) is 5.91 Å². The number of nitrogens with zero attached hydrogens (tertiary/aromatic N) is 4. The van der Waals surface area contributed by atoms with Gasteiger partial charge in [0, 0.05) is 60.9 Å². The number of ether oxygens (including phenoxy) is 2. The SMILES string of the molecule is COc1cc(NC(=O)C2CCN(c3nccn4nc(-c5cc(C)ccc5C)cc34)CC2)cc(OC)c1. The monoisotopic (exact) mass is 485 g/mol. The van der Waals surface area contributed by atoms with E-state index in [9.17, 15) is 4.79 Å². The molecule has 5 rings (SSSR count). The molecule has 186 valence electrons. The van der Waals surface area contributed by atoms with Crippen LogP contribution in [0.1, 0.15) is 24.0 Å². The highest BCUT2D eigenvalue weighted by molar-refractivity contribution is 5.93. The van der Waals surface area contributed by atoms with E-state index in [0.29, 0.717) is 17.2 Å². The van der Waals surface area contributed by atoms with Crippen molar-refractivity contribution in [2.75, 3.05) is 37.5 Å². The minimum Gasteiger partial charge on any atom is -0.497 e. The second-order valence-corrected chi connectivity index (χ2v) is 9.28. The third-order valence-electron chi connectivity index (χ3n) is 6.82. The number of carbonyl (C=O) groups is 1. The Hall–Kier alpha value is -4.07. The lowest BCUT2D eigenvalue weighted by Crippen LogP contribution is -2.38. The van der Waals surface area contributed by atoms with Crippen LogP contribution in [0.4, 0.5) is 11.5 Å². The van der Waals surface area contributed by atoms with E-state index < -0.39 is 0 Å². The summed E-state index contributed by atoms with van der Waals surface area (Å²) < 4.78 is 12.5. The van der Waals surface area contributed by atoms with Gasteiger partial charge < -0.3 is 19.7 Å². The number of fused-ring (bicyclic) bond motifs is 1. The van der Waals surface area contributed by atoms with Crippen LogP contribution in [0.25, 0.3) is 16.8 Å². The average Bonchev–Trinajstić information content (AvgIpc) is 3.34. The maximum Gasteiger partial charge on any atom is 0.227 e. The van der Waals surface area contributed by atoms with Crippen molar-refractivity contribution in [3.8, 4) is 22.8 Å². The largest absolute Gasteiger partial charge is 0.497 e. The third kappa shape index (κ3) is 4.71. The highest BCUT2D eigenvalue weighted by Crippen LogP contribution is 2.31. The topological polar surface area (TPSA) is 81.0 Å².